The van der Waals surface area contributed by atoms with Crippen LogP contribution in [0.1, 0.15) is 46.5 Å². The molecule has 0 bridgehead atoms. The molecule has 0 saturated carbocycles. The molecule has 3 nitrogen and oxygen atoms in total. The summed E-state index contributed by atoms with van der Waals surface area (Å²) in [4.78, 5) is 2.65. The molecule has 0 spiro atoms. The molecule has 2 fully saturated rings. The van der Waals surface area contributed by atoms with E-state index in [1.54, 1.807) is 0 Å². The fourth-order valence-corrected chi connectivity index (χ4v) is 3.31. The van der Waals surface area contributed by atoms with Gasteiger partial charge in [0.05, 0.1) is 12.2 Å². The number of hydrogen-bond donors (Lipinski definition) is 1. The van der Waals surface area contributed by atoms with Crippen LogP contribution >= 0.6 is 0 Å². The Labute approximate surface area is 112 Å². The third kappa shape index (κ3) is 3.69. The van der Waals surface area contributed by atoms with Gasteiger partial charge in [0.1, 0.15) is 0 Å². The first-order chi connectivity index (χ1) is 8.70. The molecule has 1 N–H and O–H groups in total. The first kappa shape index (κ1) is 14.3. The van der Waals surface area contributed by atoms with E-state index in [-0.39, 0.29) is 0 Å². The fourth-order valence-electron chi connectivity index (χ4n) is 3.31. The zero-order valence-electron chi connectivity index (χ0n) is 12.3. The monoisotopic (exact) mass is 254 g/mol. The van der Waals surface area contributed by atoms with Crippen LogP contribution in [-0.2, 0) is 4.74 Å². The van der Waals surface area contributed by atoms with Gasteiger partial charge in [0, 0.05) is 19.1 Å². The van der Waals surface area contributed by atoms with Crippen LogP contribution in [0.3, 0.4) is 0 Å². The van der Waals surface area contributed by atoms with E-state index in [0.29, 0.717) is 12.2 Å². The van der Waals surface area contributed by atoms with Gasteiger partial charge in [-0.25, -0.2) is 0 Å². The number of piperidine rings is 1. The Balaban J connectivity index is 1.73. The van der Waals surface area contributed by atoms with Crippen molar-refractivity contribution in [3.05, 3.63) is 0 Å². The van der Waals surface area contributed by atoms with E-state index in [1.807, 2.05) is 0 Å². The van der Waals surface area contributed by atoms with E-state index in [9.17, 15) is 0 Å². The molecular formula is C15H30N2O. The molecule has 2 saturated heterocycles. The van der Waals surface area contributed by atoms with E-state index in [0.717, 1.165) is 31.6 Å². The largest absolute Gasteiger partial charge is 0.372 e. The van der Waals surface area contributed by atoms with Crippen LogP contribution < -0.4 is 5.32 Å². The van der Waals surface area contributed by atoms with Crippen LogP contribution in [0.4, 0.5) is 0 Å². The van der Waals surface area contributed by atoms with Gasteiger partial charge in [-0.1, -0.05) is 13.8 Å². The number of nitrogens with one attached hydrogen (secondary N) is 1. The smallest absolute Gasteiger partial charge is 0.0707 e. The van der Waals surface area contributed by atoms with Crippen molar-refractivity contribution in [2.45, 2.75) is 64.7 Å². The molecule has 106 valence electrons. The quantitative estimate of drug-likeness (QED) is 0.814. The van der Waals surface area contributed by atoms with Gasteiger partial charge in [-0.05, 0) is 51.6 Å². The summed E-state index contributed by atoms with van der Waals surface area (Å²) in [5.74, 6) is 0.845. The minimum Gasteiger partial charge on any atom is -0.372 e. The molecule has 4 atom stereocenters. The average molecular weight is 254 g/mol. The molecule has 0 aromatic heterocycles. The Morgan fingerprint density at radius 2 is 1.94 bits per heavy atom. The normalized spacial score (nSPS) is 38.2. The highest BCUT2D eigenvalue weighted by atomic mass is 16.5. The van der Waals surface area contributed by atoms with Crippen molar-refractivity contribution in [1.29, 1.82) is 0 Å². The maximum absolute atomic E-state index is 6.15. The highest BCUT2D eigenvalue weighted by Gasteiger charge is 2.30. The van der Waals surface area contributed by atoms with Gasteiger partial charge in [0.2, 0.25) is 0 Å². The standard InChI is InChI=1S/C15H30N2O/c1-4-16-10-14-7-8-15(18-14)11-17-9-5-6-12(2)13(17)3/h12-16H,4-11H2,1-3H3. The zero-order valence-corrected chi connectivity index (χ0v) is 12.3. The Morgan fingerprint density at radius 1 is 1.17 bits per heavy atom. The van der Waals surface area contributed by atoms with Crippen molar-refractivity contribution in [1.82, 2.24) is 10.2 Å². The van der Waals surface area contributed by atoms with Gasteiger partial charge in [0.25, 0.3) is 0 Å². The fraction of sp³-hybridized carbons (Fsp3) is 1.00. The predicted octanol–water partition coefficient (Wildman–Crippen LogP) is 2.26. The van der Waals surface area contributed by atoms with Gasteiger partial charge < -0.3 is 10.1 Å². The van der Waals surface area contributed by atoms with E-state index in [4.69, 9.17) is 4.74 Å². The summed E-state index contributed by atoms with van der Waals surface area (Å²) in [5.41, 5.74) is 0. The summed E-state index contributed by atoms with van der Waals surface area (Å²) in [7, 11) is 0. The van der Waals surface area contributed by atoms with Crippen molar-refractivity contribution < 1.29 is 4.74 Å². The van der Waals surface area contributed by atoms with Gasteiger partial charge in [0.15, 0.2) is 0 Å². The molecule has 0 aromatic rings. The second-order valence-electron chi connectivity index (χ2n) is 6.12. The summed E-state index contributed by atoms with van der Waals surface area (Å²) in [6.45, 7) is 11.4. The van der Waals surface area contributed by atoms with E-state index >= 15 is 0 Å². The van der Waals surface area contributed by atoms with Gasteiger partial charge in [-0.3, -0.25) is 4.90 Å². The molecule has 0 radical (unpaired) electrons. The lowest BCUT2D eigenvalue weighted by atomic mass is 9.92. The second-order valence-corrected chi connectivity index (χ2v) is 6.12. The lowest BCUT2D eigenvalue weighted by Gasteiger charge is -2.39. The highest BCUT2D eigenvalue weighted by Crippen LogP contribution is 2.26. The van der Waals surface area contributed by atoms with Gasteiger partial charge in [-0.2, -0.15) is 0 Å². The van der Waals surface area contributed by atoms with E-state index in [1.165, 1.54) is 32.2 Å². The molecule has 0 amide bonds. The van der Waals surface area contributed by atoms with Crippen LogP contribution in [0.2, 0.25) is 0 Å². The molecule has 2 aliphatic heterocycles. The summed E-state index contributed by atoms with van der Waals surface area (Å²) < 4.78 is 6.15. The predicted molar refractivity (Wildman–Crippen MR) is 75.9 cm³/mol. The number of rotatable bonds is 5. The van der Waals surface area contributed by atoms with E-state index < -0.39 is 0 Å². The number of likely N-dealkylation sites (tertiary alicyclic amines) is 1. The molecule has 0 aliphatic carbocycles. The molecule has 18 heavy (non-hydrogen) atoms. The second kappa shape index (κ2) is 6.88. The molecule has 4 unspecified atom stereocenters. The third-order valence-electron chi connectivity index (χ3n) is 4.76. The number of nitrogens with zero attached hydrogens (tertiary/aromatic N) is 1. The maximum Gasteiger partial charge on any atom is 0.0707 e. The summed E-state index contributed by atoms with van der Waals surface area (Å²) >= 11 is 0. The van der Waals surface area contributed by atoms with Crippen molar-refractivity contribution in [3.63, 3.8) is 0 Å². The molecular weight excluding hydrogens is 224 g/mol. The summed E-state index contributed by atoms with van der Waals surface area (Å²) in [6.07, 6.45) is 6.16. The lowest BCUT2D eigenvalue weighted by Crippen LogP contribution is -2.46. The van der Waals surface area contributed by atoms with Crippen molar-refractivity contribution in [2.24, 2.45) is 5.92 Å². The van der Waals surface area contributed by atoms with Crippen molar-refractivity contribution in [3.8, 4) is 0 Å². The summed E-state index contributed by atoms with van der Waals surface area (Å²) in [6, 6.07) is 0.732. The minimum absolute atomic E-state index is 0.451. The Morgan fingerprint density at radius 3 is 2.72 bits per heavy atom. The van der Waals surface area contributed by atoms with Crippen LogP contribution in [-0.4, -0.2) is 49.3 Å². The Hall–Kier alpha value is -0.120. The van der Waals surface area contributed by atoms with Crippen LogP contribution in [0.15, 0.2) is 0 Å². The SMILES string of the molecule is CCNCC1CCC(CN2CCCC(C)C2C)O1. The number of ether oxygens (including phenoxy) is 1. The van der Waals surface area contributed by atoms with Gasteiger partial charge in [-0.15, -0.1) is 0 Å². The lowest BCUT2D eigenvalue weighted by molar-refractivity contribution is 0.00167. The topological polar surface area (TPSA) is 24.5 Å². The first-order valence-electron chi connectivity index (χ1n) is 7.81. The van der Waals surface area contributed by atoms with Crippen molar-refractivity contribution >= 4 is 0 Å². The Kier molecular flexibility index (Phi) is 5.46. The molecule has 2 heterocycles. The number of hydrogen-bond acceptors (Lipinski definition) is 3. The molecule has 2 aliphatic rings. The zero-order chi connectivity index (χ0) is 13.0. The third-order valence-corrected chi connectivity index (χ3v) is 4.76. The van der Waals surface area contributed by atoms with Crippen LogP contribution in [0.25, 0.3) is 0 Å². The molecule has 3 heteroatoms. The first-order valence-corrected chi connectivity index (χ1v) is 7.81. The maximum atomic E-state index is 6.15. The van der Waals surface area contributed by atoms with Crippen LogP contribution in [0, 0.1) is 5.92 Å². The van der Waals surface area contributed by atoms with Gasteiger partial charge >= 0.3 is 0 Å². The Bertz CT molecular complexity index is 247. The average Bonchev–Trinajstić information content (AvgIpc) is 2.80. The van der Waals surface area contributed by atoms with Crippen LogP contribution in [0.5, 0.6) is 0 Å². The number of likely N-dealkylation sites (N-methyl/N-ethyl adjacent to an activating group) is 1. The summed E-state index contributed by atoms with van der Waals surface area (Å²) in [5, 5.41) is 3.39. The molecule has 0 aromatic carbocycles. The van der Waals surface area contributed by atoms with E-state index in [2.05, 4.69) is 31.0 Å². The molecule has 2 rings (SSSR count). The van der Waals surface area contributed by atoms with Crippen molar-refractivity contribution in [2.75, 3.05) is 26.2 Å². The minimum atomic E-state index is 0.451. The highest BCUT2D eigenvalue weighted by molar-refractivity contribution is 4.83.